The highest BCUT2D eigenvalue weighted by Gasteiger charge is 2.33. The molecule has 1 N–H and O–H groups in total. The fraction of sp³-hybridized carbons (Fsp3) is 0.360. The van der Waals surface area contributed by atoms with Crippen LogP contribution in [0.25, 0.3) is 11.3 Å². The highest BCUT2D eigenvalue weighted by atomic mass is 19.4. The van der Waals surface area contributed by atoms with Crippen molar-refractivity contribution in [2.75, 3.05) is 36.6 Å². The largest absolute Gasteiger partial charge is 0.488 e. The van der Waals surface area contributed by atoms with E-state index in [0.29, 0.717) is 12.4 Å². The number of fused-ring (bicyclic) bond motifs is 1. The van der Waals surface area contributed by atoms with Crippen LogP contribution < -0.4 is 19.7 Å². The third kappa shape index (κ3) is 5.78. The number of anilines is 2. The van der Waals surface area contributed by atoms with Gasteiger partial charge in [0.05, 0.1) is 36.8 Å². The summed E-state index contributed by atoms with van der Waals surface area (Å²) < 4.78 is 62.0. The lowest BCUT2D eigenvalue weighted by atomic mass is 10.1. The molecule has 13 heteroatoms. The van der Waals surface area contributed by atoms with Gasteiger partial charge in [0, 0.05) is 5.56 Å². The van der Waals surface area contributed by atoms with Gasteiger partial charge >= 0.3 is 12.2 Å². The lowest BCUT2D eigenvalue weighted by Crippen LogP contribution is -2.41. The average Bonchev–Trinajstić information content (AvgIpc) is 3.25. The fourth-order valence-corrected chi connectivity index (χ4v) is 3.99. The Hall–Kier alpha value is -3.97. The van der Waals surface area contributed by atoms with Crippen LogP contribution in [0.5, 0.6) is 11.6 Å². The van der Waals surface area contributed by atoms with Gasteiger partial charge in [-0.2, -0.15) is 18.2 Å². The molecule has 1 atom stereocenters. The third-order valence-corrected chi connectivity index (χ3v) is 5.73. The number of ether oxygens (including phenoxy) is 4. The Morgan fingerprint density at radius 3 is 2.82 bits per heavy atom. The minimum atomic E-state index is -4.49. The molecule has 2 aliphatic rings. The van der Waals surface area contributed by atoms with Crippen LogP contribution in [0.3, 0.4) is 0 Å². The van der Waals surface area contributed by atoms with Gasteiger partial charge in [-0.15, -0.1) is 0 Å². The molecule has 5 rings (SSSR count). The molecule has 1 fully saturated rings. The van der Waals surface area contributed by atoms with E-state index in [1.165, 1.54) is 29.4 Å². The first-order valence-electron chi connectivity index (χ1n) is 11.7. The predicted octanol–water partition coefficient (Wildman–Crippen LogP) is 4.52. The molecular weight excluding hydrogens is 507 g/mol. The van der Waals surface area contributed by atoms with Crippen molar-refractivity contribution in [3.8, 4) is 22.9 Å². The molecule has 0 aliphatic carbocycles. The zero-order valence-electron chi connectivity index (χ0n) is 20.5. The molecule has 0 spiro atoms. The molecule has 200 valence electrons. The number of aromatic nitrogens is 3. The van der Waals surface area contributed by atoms with E-state index in [2.05, 4.69) is 20.3 Å². The maximum Gasteiger partial charge on any atom is 0.416 e. The summed E-state index contributed by atoms with van der Waals surface area (Å²) in [6.07, 6.45) is -2.00. The summed E-state index contributed by atoms with van der Waals surface area (Å²) in [5.74, 6) is 0.137. The average molecular weight is 531 g/mol. The Bertz CT molecular complexity index is 1340. The van der Waals surface area contributed by atoms with E-state index in [0.717, 1.165) is 12.1 Å². The number of halogens is 3. The van der Waals surface area contributed by atoms with Crippen LogP contribution in [0.2, 0.25) is 0 Å². The van der Waals surface area contributed by atoms with Crippen molar-refractivity contribution < 1.29 is 36.9 Å². The number of carbonyl (C=O) groups excluding carboxylic acids is 1. The Balaban J connectivity index is 1.30. The second-order valence-electron chi connectivity index (χ2n) is 9.03. The molecule has 4 heterocycles. The molecule has 10 nitrogen and oxygen atoms in total. The maximum absolute atomic E-state index is 13.2. The smallest absolute Gasteiger partial charge is 0.416 e. The number of urea groups is 1. The lowest BCUT2D eigenvalue weighted by molar-refractivity contribution is -0.141. The maximum atomic E-state index is 13.2. The molecule has 0 saturated carbocycles. The molecule has 2 aromatic heterocycles. The number of pyridine rings is 1. The number of hydrogen-bond acceptors (Lipinski definition) is 8. The molecular formula is C25H24F3N5O5. The molecule has 2 amide bonds. The van der Waals surface area contributed by atoms with E-state index in [4.69, 9.17) is 18.9 Å². The summed E-state index contributed by atoms with van der Waals surface area (Å²) >= 11 is 0. The number of hydrogen-bond donors (Lipinski definition) is 1. The predicted molar refractivity (Wildman–Crippen MR) is 129 cm³/mol. The van der Waals surface area contributed by atoms with Crippen molar-refractivity contribution in [3.63, 3.8) is 0 Å². The molecule has 1 saturated heterocycles. The number of alkyl halides is 3. The zero-order valence-corrected chi connectivity index (χ0v) is 20.5. The van der Waals surface area contributed by atoms with Gasteiger partial charge < -0.3 is 18.9 Å². The van der Waals surface area contributed by atoms with Crippen molar-refractivity contribution in [3.05, 3.63) is 54.4 Å². The summed E-state index contributed by atoms with van der Waals surface area (Å²) in [5.41, 5.74) is -0.282. The first-order valence-corrected chi connectivity index (χ1v) is 11.7. The fourth-order valence-electron chi connectivity index (χ4n) is 3.99. The second kappa shape index (κ2) is 10.1. The first-order chi connectivity index (χ1) is 18.1. The zero-order chi connectivity index (χ0) is 26.9. The molecule has 1 unspecified atom stereocenters. The van der Waals surface area contributed by atoms with Gasteiger partial charge in [-0.25, -0.2) is 9.78 Å². The van der Waals surface area contributed by atoms with Crippen LogP contribution in [0.15, 0.2) is 48.8 Å². The number of benzene rings is 1. The van der Waals surface area contributed by atoms with Crippen molar-refractivity contribution >= 4 is 17.7 Å². The summed E-state index contributed by atoms with van der Waals surface area (Å²) in [6, 6.07) is 7.36. The van der Waals surface area contributed by atoms with Gasteiger partial charge in [0.1, 0.15) is 19.3 Å². The topological polar surface area (TPSA) is 108 Å². The van der Waals surface area contributed by atoms with Gasteiger partial charge in [0.2, 0.25) is 5.88 Å². The van der Waals surface area contributed by atoms with Crippen molar-refractivity contribution in [2.24, 2.45) is 0 Å². The van der Waals surface area contributed by atoms with Crippen LogP contribution >= 0.6 is 0 Å². The molecule has 1 aromatic carbocycles. The summed E-state index contributed by atoms with van der Waals surface area (Å²) in [5, 5.41) is 2.66. The summed E-state index contributed by atoms with van der Waals surface area (Å²) in [7, 11) is 0. The third-order valence-electron chi connectivity index (χ3n) is 5.73. The minimum Gasteiger partial charge on any atom is -0.488 e. The Morgan fingerprint density at radius 1 is 1.21 bits per heavy atom. The molecule has 38 heavy (non-hydrogen) atoms. The highest BCUT2D eigenvalue weighted by molar-refractivity contribution is 6.01. The van der Waals surface area contributed by atoms with E-state index in [-0.39, 0.29) is 54.6 Å². The standard InChI is InChI=1S/C25H24F3N5O5/c1-24(2)37-14-17(38-24)13-36-21-12-29-11-20(31-21)32-23(34)33-8-9-35-19-7-6-18(30-22(19)33)15-4-3-5-16(10-15)25(26,27)28/h3-7,10-12,17H,8-9,13-14H2,1-2H3,(H,31,32,34). The van der Waals surface area contributed by atoms with Crippen LogP contribution in [0, 0.1) is 0 Å². The number of nitrogens with zero attached hydrogens (tertiary/aromatic N) is 4. The van der Waals surface area contributed by atoms with E-state index in [9.17, 15) is 18.0 Å². The van der Waals surface area contributed by atoms with Crippen LogP contribution in [-0.2, 0) is 15.7 Å². The van der Waals surface area contributed by atoms with Gasteiger partial charge in [0.15, 0.2) is 23.2 Å². The monoisotopic (exact) mass is 531 g/mol. The number of amides is 2. The van der Waals surface area contributed by atoms with Crippen LogP contribution in [0.4, 0.5) is 29.6 Å². The minimum absolute atomic E-state index is 0.137. The first kappa shape index (κ1) is 25.7. The van der Waals surface area contributed by atoms with Gasteiger partial charge in [0.25, 0.3) is 0 Å². The van der Waals surface area contributed by atoms with E-state index >= 15 is 0 Å². The van der Waals surface area contributed by atoms with Gasteiger partial charge in [-0.3, -0.25) is 15.2 Å². The van der Waals surface area contributed by atoms with Crippen molar-refractivity contribution in [1.29, 1.82) is 0 Å². The second-order valence-corrected chi connectivity index (χ2v) is 9.03. The normalized spacial score (nSPS) is 18.4. The van der Waals surface area contributed by atoms with E-state index < -0.39 is 23.6 Å². The molecule has 0 radical (unpaired) electrons. The van der Waals surface area contributed by atoms with Gasteiger partial charge in [-0.05, 0) is 38.1 Å². The Morgan fingerprint density at radius 2 is 2.05 bits per heavy atom. The quantitative estimate of drug-likeness (QED) is 0.512. The van der Waals surface area contributed by atoms with Crippen molar-refractivity contribution in [1.82, 2.24) is 15.0 Å². The van der Waals surface area contributed by atoms with Crippen molar-refractivity contribution in [2.45, 2.75) is 31.9 Å². The Labute approximate surface area is 215 Å². The Kier molecular flexibility index (Phi) is 6.80. The van der Waals surface area contributed by atoms with E-state index in [1.807, 2.05) is 13.8 Å². The van der Waals surface area contributed by atoms with Crippen LogP contribution in [0.1, 0.15) is 19.4 Å². The van der Waals surface area contributed by atoms with Gasteiger partial charge in [-0.1, -0.05) is 12.1 Å². The van der Waals surface area contributed by atoms with E-state index in [1.54, 1.807) is 12.1 Å². The lowest BCUT2D eigenvalue weighted by Gasteiger charge is -2.28. The number of rotatable bonds is 5. The highest BCUT2D eigenvalue weighted by Crippen LogP contribution is 2.35. The van der Waals surface area contributed by atoms with Crippen LogP contribution in [-0.4, -0.2) is 59.2 Å². The summed E-state index contributed by atoms with van der Waals surface area (Å²) in [4.78, 5) is 27.2. The molecule has 2 aliphatic heterocycles. The molecule has 3 aromatic rings. The summed E-state index contributed by atoms with van der Waals surface area (Å²) in [6.45, 7) is 4.56. The SMILES string of the molecule is CC1(C)OCC(COc2cncc(NC(=O)N3CCOc4ccc(-c5cccc(C(F)(F)F)c5)nc43)n2)O1. The number of carbonyl (C=O) groups is 1. The number of nitrogens with one attached hydrogen (secondary N) is 1. The molecule has 0 bridgehead atoms.